The molecule has 5 heteroatoms. The standard InChI is InChI=1S/C12H11N3O2/c1-8-2-3-9(6-14-8)15-12(17)10-4-5-13-7-11(10)16/h2-7,16H,1H3,(H,15,17). The first-order valence-corrected chi connectivity index (χ1v) is 5.04. The molecule has 0 aliphatic carbocycles. The Bertz CT molecular complexity index is 538. The summed E-state index contributed by atoms with van der Waals surface area (Å²) in [5, 5.41) is 12.1. The molecule has 0 fully saturated rings. The maximum absolute atomic E-state index is 11.8. The van der Waals surface area contributed by atoms with Crippen LogP contribution in [0.15, 0.2) is 36.8 Å². The van der Waals surface area contributed by atoms with Crippen molar-refractivity contribution < 1.29 is 9.90 Å². The third-order valence-electron chi connectivity index (χ3n) is 2.21. The van der Waals surface area contributed by atoms with E-state index in [-0.39, 0.29) is 11.3 Å². The molecule has 2 rings (SSSR count). The van der Waals surface area contributed by atoms with Crippen LogP contribution in [0.1, 0.15) is 16.1 Å². The number of nitrogens with one attached hydrogen (secondary N) is 1. The summed E-state index contributed by atoms with van der Waals surface area (Å²) in [6.07, 6.45) is 4.23. The molecule has 0 spiro atoms. The van der Waals surface area contributed by atoms with E-state index in [4.69, 9.17) is 0 Å². The van der Waals surface area contributed by atoms with Gasteiger partial charge in [0.2, 0.25) is 0 Å². The molecule has 0 saturated carbocycles. The quantitative estimate of drug-likeness (QED) is 0.822. The summed E-state index contributed by atoms with van der Waals surface area (Å²) in [7, 11) is 0. The highest BCUT2D eigenvalue weighted by Gasteiger charge is 2.10. The maximum Gasteiger partial charge on any atom is 0.259 e. The molecule has 0 atom stereocenters. The van der Waals surface area contributed by atoms with E-state index in [1.165, 1.54) is 18.5 Å². The highest BCUT2D eigenvalue weighted by molar-refractivity contribution is 6.05. The predicted octanol–water partition coefficient (Wildman–Crippen LogP) is 1.74. The number of aromatic hydroxyl groups is 1. The van der Waals surface area contributed by atoms with E-state index < -0.39 is 5.91 Å². The lowest BCUT2D eigenvalue weighted by Crippen LogP contribution is -2.12. The number of aryl methyl sites for hydroxylation is 1. The molecule has 5 nitrogen and oxygen atoms in total. The summed E-state index contributed by atoms with van der Waals surface area (Å²) in [6.45, 7) is 1.86. The lowest BCUT2D eigenvalue weighted by molar-refractivity contribution is 0.102. The van der Waals surface area contributed by atoms with E-state index in [1.54, 1.807) is 18.3 Å². The van der Waals surface area contributed by atoms with Crippen molar-refractivity contribution in [3.63, 3.8) is 0 Å². The van der Waals surface area contributed by atoms with Crippen molar-refractivity contribution in [2.24, 2.45) is 0 Å². The average molecular weight is 229 g/mol. The second kappa shape index (κ2) is 4.61. The number of rotatable bonds is 2. The van der Waals surface area contributed by atoms with Crippen LogP contribution in [0.3, 0.4) is 0 Å². The zero-order valence-electron chi connectivity index (χ0n) is 9.21. The molecule has 0 aliphatic heterocycles. The van der Waals surface area contributed by atoms with Gasteiger partial charge >= 0.3 is 0 Å². The Morgan fingerprint density at radius 3 is 2.76 bits per heavy atom. The van der Waals surface area contributed by atoms with E-state index in [1.807, 2.05) is 6.92 Å². The second-order valence-corrected chi connectivity index (χ2v) is 3.54. The van der Waals surface area contributed by atoms with Gasteiger partial charge in [-0.05, 0) is 25.1 Å². The highest BCUT2D eigenvalue weighted by Crippen LogP contribution is 2.16. The smallest absolute Gasteiger partial charge is 0.259 e. The lowest BCUT2D eigenvalue weighted by Gasteiger charge is -2.05. The largest absolute Gasteiger partial charge is 0.505 e. The predicted molar refractivity (Wildman–Crippen MR) is 62.8 cm³/mol. The number of aromatic nitrogens is 2. The van der Waals surface area contributed by atoms with Crippen molar-refractivity contribution in [1.29, 1.82) is 0 Å². The molecule has 0 bridgehead atoms. The van der Waals surface area contributed by atoms with Gasteiger partial charge in [-0.2, -0.15) is 0 Å². The highest BCUT2D eigenvalue weighted by atomic mass is 16.3. The van der Waals surface area contributed by atoms with E-state index in [0.29, 0.717) is 5.69 Å². The van der Waals surface area contributed by atoms with Gasteiger partial charge in [0.1, 0.15) is 5.75 Å². The van der Waals surface area contributed by atoms with Gasteiger partial charge in [0.25, 0.3) is 5.91 Å². The molecule has 17 heavy (non-hydrogen) atoms. The zero-order chi connectivity index (χ0) is 12.3. The number of pyridine rings is 2. The molecule has 0 aromatic carbocycles. The molecular formula is C12H11N3O2. The third kappa shape index (κ3) is 2.57. The lowest BCUT2D eigenvalue weighted by atomic mass is 10.2. The summed E-state index contributed by atoms with van der Waals surface area (Å²) >= 11 is 0. The van der Waals surface area contributed by atoms with Gasteiger partial charge in [0.15, 0.2) is 0 Å². The molecule has 2 aromatic rings. The molecule has 0 aliphatic rings. The Morgan fingerprint density at radius 2 is 2.12 bits per heavy atom. The van der Waals surface area contributed by atoms with Crippen molar-refractivity contribution in [3.05, 3.63) is 48.0 Å². The molecule has 2 N–H and O–H groups in total. The summed E-state index contributed by atoms with van der Waals surface area (Å²) in [5.74, 6) is -0.541. The maximum atomic E-state index is 11.8. The monoisotopic (exact) mass is 229 g/mol. The van der Waals surface area contributed by atoms with Gasteiger partial charge < -0.3 is 10.4 Å². The molecule has 1 amide bonds. The SMILES string of the molecule is Cc1ccc(NC(=O)c2ccncc2O)cn1. The summed E-state index contributed by atoms with van der Waals surface area (Å²) in [5.41, 5.74) is 1.63. The first-order chi connectivity index (χ1) is 8.16. The molecule has 0 saturated heterocycles. The van der Waals surface area contributed by atoms with Crippen LogP contribution in [0, 0.1) is 6.92 Å². The van der Waals surface area contributed by atoms with Crippen LogP contribution in [0.4, 0.5) is 5.69 Å². The van der Waals surface area contributed by atoms with Crippen molar-refractivity contribution in [1.82, 2.24) is 9.97 Å². The van der Waals surface area contributed by atoms with Gasteiger partial charge in [-0.1, -0.05) is 0 Å². The van der Waals surface area contributed by atoms with E-state index >= 15 is 0 Å². The second-order valence-electron chi connectivity index (χ2n) is 3.54. The Kier molecular flexibility index (Phi) is 3.00. The van der Waals surface area contributed by atoms with Crippen molar-refractivity contribution >= 4 is 11.6 Å². The number of carbonyl (C=O) groups excluding carboxylic acids is 1. The Labute approximate surface area is 98.2 Å². The van der Waals surface area contributed by atoms with Crippen LogP contribution in [0.5, 0.6) is 5.75 Å². The fourth-order valence-corrected chi connectivity index (χ4v) is 1.32. The van der Waals surface area contributed by atoms with Gasteiger partial charge in [-0.15, -0.1) is 0 Å². The molecule has 0 radical (unpaired) electrons. The number of hydrogen-bond acceptors (Lipinski definition) is 4. The van der Waals surface area contributed by atoms with Gasteiger partial charge in [0, 0.05) is 11.9 Å². The summed E-state index contributed by atoms with van der Waals surface area (Å²) in [6, 6.07) is 4.99. The fourth-order valence-electron chi connectivity index (χ4n) is 1.32. The van der Waals surface area contributed by atoms with E-state index in [2.05, 4.69) is 15.3 Å². The first kappa shape index (κ1) is 11.1. The minimum Gasteiger partial charge on any atom is -0.505 e. The molecular weight excluding hydrogens is 218 g/mol. The normalized spacial score (nSPS) is 9.94. The number of nitrogens with zero attached hydrogens (tertiary/aromatic N) is 2. The van der Waals surface area contributed by atoms with Crippen LogP contribution in [0.25, 0.3) is 0 Å². The van der Waals surface area contributed by atoms with E-state index in [0.717, 1.165) is 5.69 Å². The first-order valence-electron chi connectivity index (χ1n) is 5.04. The zero-order valence-corrected chi connectivity index (χ0v) is 9.21. The molecule has 0 unspecified atom stereocenters. The van der Waals surface area contributed by atoms with Crippen LogP contribution < -0.4 is 5.32 Å². The summed E-state index contributed by atoms with van der Waals surface area (Å²) < 4.78 is 0. The van der Waals surface area contributed by atoms with Crippen molar-refractivity contribution in [3.8, 4) is 5.75 Å². The van der Waals surface area contributed by atoms with Crippen LogP contribution in [0.2, 0.25) is 0 Å². The molecule has 2 aromatic heterocycles. The van der Waals surface area contributed by atoms with Crippen LogP contribution >= 0.6 is 0 Å². The van der Waals surface area contributed by atoms with E-state index in [9.17, 15) is 9.90 Å². The number of hydrogen-bond donors (Lipinski definition) is 2. The minimum absolute atomic E-state index is 0.148. The Balaban J connectivity index is 2.17. The van der Waals surface area contributed by atoms with Crippen molar-refractivity contribution in [2.75, 3.05) is 5.32 Å². The van der Waals surface area contributed by atoms with Gasteiger partial charge in [0.05, 0.1) is 23.6 Å². The number of anilines is 1. The molecule has 86 valence electrons. The van der Waals surface area contributed by atoms with Gasteiger partial charge in [-0.3, -0.25) is 14.8 Å². The average Bonchev–Trinajstić information content (AvgIpc) is 2.32. The number of carbonyl (C=O) groups is 1. The third-order valence-corrected chi connectivity index (χ3v) is 2.21. The van der Waals surface area contributed by atoms with Crippen LogP contribution in [-0.4, -0.2) is 21.0 Å². The van der Waals surface area contributed by atoms with Crippen LogP contribution in [-0.2, 0) is 0 Å². The fraction of sp³-hybridized carbons (Fsp3) is 0.0833. The van der Waals surface area contributed by atoms with Gasteiger partial charge in [-0.25, -0.2) is 0 Å². The molecule has 2 heterocycles. The Morgan fingerprint density at radius 1 is 1.29 bits per heavy atom. The van der Waals surface area contributed by atoms with Crippen molar-refractivity contribution in [2.45, 2.75) is 6.92 Å². The topological polar surface area (TPSA) is 75.1 Å². The number of amides is 1. The minimum atomic E-state index is -0.393. The Hall–Kier alpha value is -2.43. The summed E-state index contributed by atoms with van der Waals surface area (Å²) in [4.78, 5) is 19.6.